The minimum Gasteiger partial charge on any atom is -0.316 e. The highest BCUT2D eigenvalue weighted by Crippen LogP contribution is 2.38. The Morgan fingerprint density at radius 3 is 2.35 bits per heavy atom. The van der Waals surface area contributed by atoms with Crippen molar-refractivity contribution in [3.63, 3.8) is 0 Å². The average Bonchev–Trinajstić information content (AvgIpc) is 2.98. The van der Waals surface area contributed by atoms with Crippen LogP contribution in [-0.2, 0) is 0 Å². The Hall–Kier alpha value is -0.0800. The van der Waals surface area contributed by atoms with Gasteiger partial charge in [-0.1, -0.05) is 27.7 Å². The fourth-order valence-corrected chi connectivity index (χ4v) is 3.23. The van der Waals surface area contributed by atoms with Crippen LogP contribution in [-0.4, -0.2) is 37.1 Å². The monoisotopic (exact) mass is 238 g/mol. The molecule has 1 aliphatic carbocycles. The molecular formula is C15H30N2. The molecule has 0 aromatic rings. The van der Waals surface area contributed by atoms with Gasteiger partial charge in [-0.15, -0.1) is 0 Å². The minimum atomic E-state index is 0.539. The van der Waals surface area contributed by atoms with Crippen molar-refractivity contribution < 1.29 is 0 Å². The predicted octanol–water partition coefficient (Wildman–Crippen LogP) is 2.74. The fraction of sp³-hybridized carbons (Fsp3) is 1.00. The molecule has 1 N–H and O–H groups in total. The van der Waals surface area contributed by atoms with Gasteiger partial charge in [0.15, 0.2) is 0 Å². The van der Waals surface area contributed by atoms with Gasteiger partial charge < -0.3 is 5.32 Å². The summed E-state index contributed by atoms with van der Waals surface area (Å²) in [5.41, 5.74) is 0.539. The molecule has 0 aromatic carbocycles. The van der Waals surface area contributed by atoms with Gasteiger partial charge in [0.25, 0.3) is 0 Å². The van der Waals surface area contributed by atoms with Crippen molar-refractivity contribution in [1.82, 2.24) is 10.2 Å². The van der Waals surface area contributed by atoms with E-state index in [9.17, 15) is 0 Å². The van der Waals surface area contributed by atoms with E-state index < -0.39 is 0 Å². The Balaban J connectivity index is 1.99. The van der Waals surface area contributed by atoms with Gasteiger partial charge >= 0.3 is 0 Å². The molecule has 0 aromatic heterocycles. The lowest BCUT2D eigenvalue weighted by atomic mass is 9.76. The highest BCUT2D eigenvalue weighted by molar-refractivity contribution is 4.96. The number of hydrogen-bond donors (Lipinski definition) is 1. The molecular weight excluding hydrogens is 208 g/mol. The zero-order valence-corrected chi connectivity index (χ0v) is 12.1. The SMILES string of the molecule is CC(C)CN(CC1(C(C)C)CCNC1)C1CC1. The molecule has 1 unspecified atom stereocenters. The van der Waals surface area contributed by atoms with E-state index in [0.29, 0.717) is 5.41 Å². The van der Waals surface area contributed by atoms with Crippen molar-refractivity contribution in [1.29, 1.82) is 0 Å². The smallest absolute Gasteiger partial charge is 0.00967 e. The molecule has 1 heterocycles. The second-order valence-electron chi connectivity index (χ2n) is 7.00. The van der Waals surface area contributed by atoms with Crippen LogP contribution < -0.4 is 5.32 Å². The number of hydrogen-bond acceptors (Lipinski definition) is 2. The molecule has 1 saturated carbocycles. The van der Waals surface area contributed by atoms with E-state index in [4.69, 9.17) is 0 Å². The summed E-state index contributed by atoms with van der Waals surface area (Å²) in [4.78, 5) is 2.79. The van der Waals surface area contributed by atoms with Crippen LogP contribution in [0, 0.1) is 17.3 Å². The van der Waals surface area contributed by atoms with E-state index in [-0.39, 0.29) is 0 Å². The van der Waals surface area contributed by atoms with Gasteiger partial charge in [-0.05, 0) is 43.1 Å². The van der Waals surface area contributed by atoms with Crippen LogP contribution in [0.2, 0.25) is 0 Å². The second-order valence-corrected chi connectivity index (χ2v) is 7.00. The first kappa shape index (κ1) is 13.4. The van der Waals surface area contributed by atoms with Crippen LogP contribution in [0.25, 0.3) is 0 Å². The summed E-state index contributed by atoms with van der Waals surface area (Å²) in [6.45, 7) is 14.6. The third-order valence-corrected chi connectivity index (χ3v) is 4.68. The summed E-state index contributed by atoms with van der Waals surface area (Å²) in [5, 5.41) is 3.59. The number of rotatable bonds is 6. The van der Waals surface area contributed by atoms with Gasteiger partial charge in [-0.2, -0.15) is 0 Å². The topological polar surface area (TPSA) is 15.3 Å². The maximum Gasteiger partial charge on any atom is 0.00967 e. The fourth-order valence-electron chi connectivity index (χ4n) is 3.23. The van der Waals surface area contributed by atoms with E-state index in [0.717, 1.165) is 17.9 Å². The summed E-state index contributed by atoms with van der Waals surface area (Å²) < 4.78 is 0. The zero-order valence-electron chi connectivity index (χ0n) is 12.1. The molecule has 1 aliphatic heterocycles. The molecule has 0 bridgehead atoms. The van der Waals surface area contributed by atoms with E-state index >= 15 is 0 Å². The molecule has 100 valence electrons. The first-order valence-electron chi connectivity index (χ1n) is 7.48. The van der Waals surface area contributed by atoms with Gasteiger partial charge in [0.2, 0.25) is 0 Å². The van der Waals surface area contributed by atoms with Crippen LogP contribution >= 0.6 is 0 Å². The Bertz CT molecular complexity index is 237. The highest BCUT2D eigenvalue weighted by atomic mass is 15.2. The van der Waals surface area contributed by atoms with E-state index in [1.54, 1.807) is 0 Å². The van der Waals surface area contributed by atoms with Crippen molar-refractivity contribution in [2.75, 3.05) is 26.2 Å². The maximum absolute atomic E-state index is 3.59. The van der Waals surface area contributed by atoms with Crippen LogP contribution in [0.15, 0.2) is 0 Å². The summed E-state index contributed by atoms with van der Waals surface area (Å²) in [6.07, 6.45) is 4.24. The van der Waals surface area contributed by atoms with Crippen molar-refractivity contribution in [2.45, 2.75) is 53.0 Å². The van der Waals surface area contributed by atoms with E-state index in [1.807, 2.05) is 0 Å². The highest BCUT2D eigenvalue weighted by Gasteiger charge is 2.41. The van der Waals surface area contributed by atoms with Crippen LogP contribution in [0.5, 0.6) is 0 Å². The van der Waals surface area contributed by atoms with Crippen LogP contribution in [0.4, 0.5) is 0 Å². The number of nitrogens with one attached hydrogen (secondary N) is 1. The van der Waals surface area contributed by atoms with Crippen molar-refractivity contribution in [3.05, 3.63) is 0 Å². The van der Waals surface area contributed by atoms with Crippen molar-refractivity contribution >= 4 is 0 Å². The molecule has 1 atom stereocenters. The lowest BCUT2D eigenvalue weighted by Crippen LogP contribution is -2.44. The third kappa shape index (κ3) is 3.23. The normalized spacial score (nSPS) is 29.8. The third-order valence-electron chi connectivity index (χ3n) is 4.68. The van der Waals surface area contributed by atoms with Crippen LogP contribution in [0.3, 0.4) is 0 Å². The molecule has 0 amide bonds. The maximum atomic E-state index is 3.59. The lowest BCUT2D eigenvalue weighted by molar-refractivity contribution is 0.103. The summed E-state index contributed by atoms with van der Waals surface area (Å²) in [7, 11) is 0. The Morgan fingerprint density at radius 1 is 1.24 bits per heavy atom. The average molecular weight is 238 g/mol. The Labute approximate surface area is 107 Å². The van der Waals surface area contributed by atoms with Gasteiger partial charge in [0.05, 0.1) is 0 Å². The Kier molecular flexibility index (Phi) is 4.14. The van der Waals surface area contributed by atoms with Crippen LogP contribution in [0.1, 0.15) is 47.0 Å². The molecule has 0 radical (unpaired) electrons. The zero-order chi connectivity index (χ0) is 12.5. The quantitative estimate of drug-likeness (QED) is 0.765. The summed E-state index contributed by atoms with van der Waals surface area (Å²) in [6, 6.07) is 0.911. The van der Waals surface area contributed by atoms with Gasteiger partial charge in [0.1, 0.15) is 0 Å². The van der Waals surface area contributed by atoms with Gasteiger partial charge in [0, 0.05) is 25.7 Å². The molecule has 1 saturated heterocycles. The number of nitrogens with zero attached hydrogens (tertiary/aromatic N) is 1. The molecule has 0 spiro atoms. The first-order chi connectivity index (χ1) is 8.03. The van der Waals surface area contributed by atoms with E-state index in [2.05, 4.69) is 37.9 Å². The molecule has 2 aliphatic rings. The van der Waals surface area contributed by atoms with Gasteiger partial charge in [-0.3, -0.25) is 4.90 Å². The molecule has 2 heteroatoms. The summed E-state index contributed by atoms with van der Waals surface area (Å²) in [5.74, 6) is 1.60. The second kappa shape index (κ2) is 5.27. The predicted molar refractivity (Wildman–Crippen MR) is 74.2 cm³/mol. The molecule has 17 heavy (non-hydrogen) atoms. The molecule has 2 nitrogen and oxygen atoms in total. The van der Waals surface area contributed by atoms with Crippen molar-refractivity contribution in [2.24, 2.45) is 17.3 Å². The summed E-state index contributed by atoms with van der Waals surface area (Å²) >= 11 is 0. The largest absolute Gasteiger partial charge is 0.316 e. The van der Waals surface area contributed by atoms with Crippen molar-refractivity contribution in [3.8, 4) is 0 Å². The van der Waals surface area contributed by atoms with Gasteiger partial charge in [-0.25, -0.2) is 0 Å². The molecule has 2 fully saturated rings. The molecule has 2 rings (SSSR count). The standard InChI is InChI=1S/C15H30N2/c1-12(2)9-17(14-5-6-14)11-15(13(3)4)7-8-16-10-15/h12-14,16H,5-11H2,1-4H3. The van der Waals surface area contributed by atoms with E-state index in [1.165, 1.54) is 45.4 Å². The first-order valence-corrected chi connectivity index (χ1v) is 7.48. The minimum absolute atomic E-state index is 0.539. The Morgan fingerprint density at radius 2 is 1.94 bits per heavy atom. The lowest BCUT2D eigenvalue weighted by Gasteiger charge is -2.39.